The highest BCUT2D eigenvalue weighted by molar-refractivity contribution is 6.01. The second-order valence-corrected chi connectivity index (χ2v) is 6.41. The fourth-order valence-electron chi connectivity index (χ4n) is 3.08. The number of carbonyl (C=O) groups is 2. The maximum Gasteiger partial charge on any atom is 0.345 e. The zero-order valence-corrected chi connectivity index (χ0v) is 17.5. The summed E-state index contributed by atoms with van der Waals surface area (Å²) >= 11 is 0. The molecule has 0 atom stereocenters. The van der Waals surface area contributed by atoms with E-state index in [1.807, 2.05) is 11.5 Å². The molecule has 0 aliphatic rings. The molecule has 2 aromatic rings. The Labute approximate surface area is 173 Å². The van der Waals surface area contributed by atoms with E-state index in [1.54, 1.807) is 20.1 Å². The number of benzene rings is 1. The highest BCUT2D eigenvalue weighted by Gasteiger charge is 2.27. The van der Waals surface area contributed by atoms with Gasteiger partial charge in [-0.2, -0.15) is 0 Å². The number of nitro groups is 1. The lowest BCUT2D eigenvalue weighted by atomic mass is 10.1. The largest absolute Gasteiger partial charge is 0.493 e. The Morgan fingerprint density at radius 2 is 1.67 bits per heavy atom. The van der Waals surface area contributed by atoms with E-state index in [9.17, 15) is 19.7 Å². The van der Waals surface area contributed by atoms with Crippen molar-refractivity contribution in [3.8, 4) is 11.5 Å². The van der Waals surface area contributed by atoms with Crippen LogP contribution in [0, 0.1) is 24.0 Å². The van der Waals surface area contributed by atoms with Gasteiger partial charge < -0.3 is 23.5 Å². The van der Waals surface area contributed by atoms with Crippen LogP contribution < -0.4 is 9.47 Å². The lowest BCUT2D eigenvalue weighted by Crippen LogP contribution is -2.16. The van der Waals surface area contributed by atoms with E-state index < -0.39 is 29.0 Å². The number of rotatable bonds is 10. The molecular weight excluding hydrogens is 396 g/mol. The Morgan fingerprint density at radius 1 is 1.03 bits per heavy atom. The number of ether oxygens (including phenoxy) is 4. The van der Waals surface area contributed by atoms with Gasteiger partial charge in [0.25, 0.3) is 5.69 Å². The zero-order chi connectivity index (χ0) is 22.4. The second-order valence-electron chi connectivity index (χ2n) is 6.41. The van der Waals surface area contributed by atoms with E-state index in [0.29, 0.717) is 18.7 Å². The summed E-state index contributed by atoms with van der Waals surface area (Å²) in [6, 6.07) is 3.93. The quantitative estimate of drug-likeness (QED) is 0.249. The number of nitro benzene ring substituents is 1. The van der Waals surface area contributed by atoms with E-state index in [4.69, 9.17) is 18.9 Å². The molecule has 0 fully saturated rings. The molecule has 0 saturated heterocycles. The van der Waals surface area contributed by atoms with Crippen LogP contribution in [0.5, 0.6) is 11.5 Å². The van der Waals surface area contributed by atoms with E-state index in [-0.39, 0.29) is 17.1 Å². The summed E-state index contributed by atoms with van der Waals surface area (Å²) in [7, 11) is 4.25. The number of ketones is 1. The van der Waals surface area contributed by atoms with Crippen molar-refractivity contribution in [3.63, 3.8) is 0 Å². The number of methoxy groups -OCH3 is 3. The molecule has 0 amide bonds. The molecule has 0 aliphatic carbocycles. The third-order valence-electron chi connectivity index (χ3n) is 4.65. The molecule has 0 bridgehead atoms. The Morgan fingerprint density at radius 3 is 2.23 bits per heavy atom. The third kappa shape index (κ3) is 4.77. The van der Waals surface area contributed by atoms with Crippen molar-refractivity contribution in [1.29, 1.82) is 0 Å². The standard InChI is InChI=1S/C20H24N2O8/c1-12-8-14(13(2)21(12)6-7-27-3)17(23)11-30-20(24)15-9-18(28-4)19(29-5)10-16(15)22(25)26/h8-10H,6-7,11H2,1-5H3. The minimum Gasteiger partial charge on any atom is -0.493 e. The zero-order valence-electron chi connectivity index (χ0n) is 17.5. The maximum atomic E-state index is 12.6. The van der Waals surface area contributed by atoms with Gasteiger partial charge in [0, 0.05) is 36.7 Å². The molecule has 0 saturated carbocycles. The molecule has 2 rings (SSSR count). The van der Waals surface area contributed by atoms with Crippen LogP contribution in [0.3, 0.4) is 0 Å². The highest BCUT2D eigenvalue weighted by Crippen LogP contribution is 2.34. The Bertz CT molecular complexity index is 964. The topological polar surface area (TPSA) is 119 Å². The molecule has 1 aromatic carbocycles. The predicted octanol–water partition coefficient (Wildman–Crippen LogP) is 2.72. The van der Waals surface area contributed by atoms with Crippen molar-refractivity contribution >= 4 is 17.4 Å². The van der Waals surface area contributed by atoms with Gasteiger partial charge in [0.05, 0.1) is 31.8 Å². The Kier molecular flexibility index (Phi) is 7.54. The molecule has 0 spiro atoms. The summed E-state index contributed by atoms with van der Waals surface area (Å²) in [5.74, 6) is -1.20. The van der Waals surface area contributed by atoms with Gasteiger partial charge in [0.1, 0.15) is 5.56 Å². The van der Waals surface area contributed by atoms with E-state index >= 15 is 0 Å². The monoisotopic (exact) mass is 420 g/mol. The Balaban J connectivity index is 2.22. The summed E-state index contributed by atoms with van der Waals surface area (Å²) in [6.45, 7) is 4.16. The highest BCUT2D eigenvalue weighted by atomic mass is 16.6. The van der Waals surface area contributed by atoms with Crippen LogP contribution in [0.4, 0.5) is 5.69 Å². The molecule has 30 heavy (non-hydrogen) atoms. The molecule has 0 radical (unpaired) electrons. The first kappa shape index (κ1) is 22.9. The molecule has 1 heterocycles. The van der Waals surface area contributed by atoms with Crippen LogP contribution in [-0.4, -0.2) is 55.8 Å². The lowest BCUT2D eigenvalue weighted by Gasteiger charge is -2.11. The first-order chi connectivity index (χ1) is 14.2. The summed E-state index contributed by atoms with van der Waals surface area (Å²) in [5.41, 5.74) is 1.16. The van der Waals surface area contributed by atoms with Crippen molar-refractivity contribution in [1.82, 2.24) is 4.57 Å². The van der Waals surface area contributed by atoms with Gasteiger partial charge in [-0.15, -0.1) is 0 Å². The number of aromatic nitrogens is 1. The number of hydrogen-bond acceptors (Lipinski definition) is 8. The van der Waals surface area contributed by atoms with E-state index in [1.165, 1.54) is 14.2 Å². The number of esters is 1. The number of Topliss-reactive ketones (excluding diaryl/α,β-unsaturated/α-hetero) is 1. The van der Waals surface area contributed by atoms with Crippen LogP contribution >= 0.6 is 0 Å². The van der Waals surface area contributed by atoms with Gasteiger partial charge in [0.15, 0.2) is 18.1 Å². The van der Waals surface area contributed by atoms with Gasteiger partial charge in [-0.25, -0.2) is 4.79 Å². The van der Waals surface area contributed by atoms with Crippen molar-refractivity contribution in [2.75, 3.05) is 34.5 Å². The summed E-state index contributed by atoms with van der Waals surface area (Å²) < 4.78 is 22.2. The van der Waals surface area contributed by atoms with E-state index in [2.05, 4.69) is 0 Å². The number of hydrogen-bond donors (Lipinski definition) is 0. The van der Waals surface area contributed by atoms with Crippen LogP contribution in [0.25, 0.3) is 0 Å². The van der Waals surface area contributed by atoms with Gasteiger partial charge in [0.2, 0.25) is 5.78 Å². The van der Waals surface area contributed by atoms with Crippen molar-refractivity contribution in [3.05, 3.63) is 50.8 Å². The van der Waals surface area contributed by atoms with Crippen LogP contribution in [0.2, 0.25) is 0 Å². The lowest BCUT2D eigenvalue weighted by molar-refractivity contribution is -0.385. The van der Waals surface area contributed by atoms with Crippen molar-refractivity contribution in [2.24, 2.45) is 0 Å². The van der Waals surface area contributed by atoms with E-state index in [0.717, 1.165) is 23.5 Å². The first-order valence-corrected chi connectivity index (χ1v) is 9.01. The molecule has 10 nitrogen and oxygen atoms in total. The van der Waals surface area contributed by atoms with Gasteiger partial charge in [-0.05, 0) is 19.9 Å². The third-order valence-corrected chi connectivity index (χ3v) is 4.65. The summed E-state index contributed by atoms with van der Waals surface area (Å²) in [6.07, 6.45) is 0. The van der Waals surface area contributed by atoms with Crippen LogP contribution in [0.1, 0.15) is 32.1 Å². The predicted molar refractivity (Wildman–Crippen MR) is 107 cm³/mol. The number of aryl methyl sites for hydroxylation is 1. The fraction of sp³-hybridized carbons (Fsp3) is 0.400. The van der Waals surface area contributed by atoms with Crippen LogP contribution in [0.15, 0.2) is 18.2 Å². The normalized spacial score (nSPS) is 10.6. The molecule has 10 heteroatoms. The van der Waals surface area contributed by atoms with Gasteiger partial charge >= 0.3 is 5.97 Å². The Hall–Kier alpha value is -3.40. The molecule has 0 N–H and O–H groups in total. The molecule has 1 aromatic heterocycles. The van der Waals surface area contributed by atoms with Crippen molar-refractivity contribution < 1.29 is 33.5 Å². The minimum atomic E-state index is -1.01. The van der Waals surface area contributed by atoms with Gasteiger partial charge in [-0.3, -0.25) is 14.9 Å². The maximum absolute atomic E-state index is 12.6. The molecule has 0 aliphatic heterocycles. The fourth-order valence-corrected chi connectivity index (χ4v) is 3.08. The van der Waals surface area contributed by atoms with Gasteiger partial charge in [-0.1, -0.05) is 0 Å². The average Bonchev–Trinajstić information content (AvgIpc) is 3.02. The summed E-state index contributed by atoms with van der Waals surface area (Å²) in [5, 5.41) is 11.3. The smallest absolute Gasteiger partial charge is 0.345 e. The number of carbonyl (C=O) groups excluding carboxylic acids is 2. The SMILES string of the molecule is COCCn1c(C)cc(C(=O)COC(=O)c2cc(OC)c(OC)cc2[N+](=O)[O-])c1C. The summed E-state index contributed by atoms with van der Waals surface area (Å²) in [4.78, 5) is 35.7. The minimum absolute atomic E-state index is 0.0975. The second kappa shape index (κ2) is 9.88. The first-order valence-electron chi connectivity index (χ1n) is 9.01. The molecule has 162 valence electrons. The van der Waals surface area contributed by atoms with Crippen molar-refractivity contribution in [2.45, 2.75) is 20.4 Å². The van der Waals surface area contributed by atoms with Crippen LogP contribution in [-0.2, 0) is 16.0 Å². The average molecular weight is 420 g/mol. The molecular formula is C20H24N2O8. The number of nitrogens with zero attached hydrogens (tertiary/aromatic N) is 2. The molecule has 0 unspecified atom stereocenters.